The number of aliphatic hydroxyl groups excluding tert-OH is 1. The van der Waals surface area contributed by atoms with E-state index in [0.29, 0.717) is 18.1 Å². The normalized spacial score (nSPS) is 48.5. The van der Waals surface area contributed by atoms with Gasteiger partial charge in [-0.3, -0.25) is 0 Å². The van der Waals surface area contributed by atoms with E-state index < -0.39 is 0 Å². The molecule has 3 atom stereocenters. The van der Waals surface area contributed by atoms with Crippen LogP contribution in [0, 0.1) is 35.5 Å². The third-order valence-corrected chi connectivity index (χ3v) is 8.45. The average molecular weight is 327 g/mol. The Labute approximate surface area is 144 Å². The number of rotatable bonds is 2. The van der Waals surface area contributed by atoms with Crippen LogP contribution in [0.4, 0.5) is 0 Å². The molecule has 0 amide bonds. The van der Waals surface area contributed by atoms with Crippen LogP contribution in [0.5, 0.6) is 0 Å². The van der Waals surface area contributed by atoms with Crippen LogP contribution in [0.2, 0.25) is 0 Å². The Balaban J connectivity index is 1.34. The molecule has 0 radical (unpaired) electrons. The zero-order chi connectivity index (χ0) is 15.9. The monoisotopic (exact) mass is 327 g/mol. The molecular weight excluding hydrogens is 298 g/mol. The second-order valence-corrected chi connectivity index (χ2v) is 9.79. The lowest BCUT2D eigenvalue weighted by Crippen LogP contribution is -2.52. The highest BCUT2D eigenvalue weighted by atomic mass is 16.3. The first kappa shape index (κ1) is 14.3. The van der Waals surface area contributed by atoms with Gasteiger partial charge in [-0.1, -0.05) is 5.21 Å². The Morgan fingerprint density at radius 3 is 2.21 bits per heavy atom. The molecule has 1 heterocycles. The maximum absolute atomic E-state index is 9.56. The summed E-state index contributed by atoms with van der Waals surface area (Å²) in [6, 6.07) is 0. The van der Waals surface area contributed by atoms with Gasteiger partial charge in [0.25, 0.3) is 0 Å². The minimum atomic E-state index is 0.313. The number of hydrogen-bond donors (Lipinski definition) is 1. The van der Waals surface area contributed by atoms with Gasteiger partial charge >= 0.3 is 0 Å². The molecule has 1 aromatic rings. The summed E-state index contributed by atoms with van der Waals surface area (Å²) in [6.07, 6.45) is 13.2. The molecule has 0 spiro atoms. The van der Waals surface area contributed by atoms with Crippen molar-refractivity contribution in [2.75, 3.05) is 6.61 Å². The Hall–Kier alpha value is -0.900. The van der Waals surface area contributed by atoms with Crippen LogP contribution in [0.15, 0.2) is 0 Å². The highest BCUT2D eigenvalue weighted by molar-refractivity contribution is 5.19. The first-order valence-corrected chi connectivity index (χ1v) is 10.3. The molecule has 0 aliphatic heterocycles. The molecule has 24 heavy (non-hydrogen) atoms. The van der Waals surface area contributed by atoms with E-state index in [1.165, 1.54) is 62.8 Å². The predicted molar refractivity (Wildman–Crippen MR) is 90.4 cm³/mol. The maximum atomic E-state index is 9.56. The molecule has 1 N–H and O–H groups in total. The first-order chi connectivity index (χ1) is 11.8. The van der Waals surface area contributed by atoms with Gasteiger partial charge in [-0.15, -0.1) is 5.10 Å². The maximum Gasteiger partial charge on any atom is 0.0859 e. The van der Waals surface area contributed by atoms with Crippen LogP contribution in [-0.4, -0.2) is 26.7 Å². The van der Waals surface area contributed by atoms with E-state index in [4.69, 9.17) is 5.21 Å². The SMILES string of the molecule is OC[C@@H]1[C@H]2CCc3nnn(C45CC6CC(CC(C6)C4)C5)c3CC[C@@H]12. The molecule has 0 unspecified atom stereocenters. The van der Waals surface area contributed by atoms with Gasteiger partial charge in [-0.2, -0.15) is 0 Å². The Bertz CT molecular complexity index is 631. The zero-order valence-electron chi connectivity index (χ0n) is 14.5. The van der Waals surface area contributed by atoms with Crippen LogP contribution >= 0.6 is 0 Å². The van der Waals surface area contributed by atoms with Crippen LogP contribution in [0.3, 0.4) is 0 Å². The third kappa shape index (κ3) is 1.89. The Kier molecular flexibility index (Phi) is 2.88. The van der Waals surface area contributed by atoms with Gasteiger partial charge in [0.15, 0.2) is 0 Å². The first-order valence-electron chi connectivity index (χ1n) is 10.3. The minimum absolute atomic E-state index is 0.313. The van der Waals surface area contributed by atoms with Gasteiger partial charge in [-0.05, 0) is 99.7 Å². The summed E-state index contributed by atoms with van der Waals surface area (Å²) in [4.78, 5) is 0. The van der Waals surface area contributed by atoms with Crippen molar-refractivity contribution in [3.8, 4) is 0 Å². The molecule has 7 rings (SSSR count). The fraction of sp³-hybridized carbons (Fsp3) is 0.900. The van der Waals surface area contributed by atoms with E-state index >= 15 is 0 Å². The van der Waals surface area contributed by atoms with Crippen LogP contribution in [0.1, 0.15) is 62.8 Å². The van der Waals surface area contributed by atoms with E-state index in [0.717, 1.165) is 42.4 Å². The smallest absolute Gasteiger partial charge is 0.0859 e. The summed E-state index contributed by atoms with van der Waals surface area (Å²) in [5.74, 6) is 4.97. The largest absolute Gasteiger partial charge is 0.396 e. The lowest BCUT2D eigenvalue weighted by atomic mass is 9.53. The molecule has 5 saturated carbocycles. The molecule has 0 saturated heterocycles. The van der Waals surface area contributed by atoms with Crippen molar-refractivity contribution in [3.63, 3.8) is 0 Å². The lowest BCUT2D eigenvalue weighted by molar-refractivity contribution is -0.0516. The highest BCUT2D eigenvalue weighted by Crippen LogP contribution is 2.59. The number of aryl methyl sites for hydroxylation is 1. The number of hydrogen-bond acceptors (Lipinski definition) is 3. The van der Waals surface area contributed by atoms with E-state index in [9.17, 15) is 5.11 Å². The van der Waals surface area contributed by atoms with Crippen molar-refractivity contribution >= 4 is 0 Å². The highest BCUT2D eigenvalue weighted by Gasteiger charge is 2.54. The summed E-state index contributed by atoms with van der Waals surface area (Å²) in [6.45, 7) is 0.389. The number of fused-ring (bicyclic) bond motifs is 2. The Morgan fingerprint density at radius 2 is 1.58 bits per heavy atom. The quantitative estimate of drug-likeness (QED) is 0.908. The molecular formula is C20H29N3O. The summed E-state index contributed by atoms with van der Waals surface area (Å²) in [7, 11) is 0. The van der Waals surface area contributed by atoms with E-state index in [1.807, 2.05) is 0 Å². The van der Waals surface area contributed by atoms with Gasteiger partial charge in [0, 0.05) is 6.61 Å². The molecule has 4 nitrogen and oxygen atoms in total. The van der Waals surface area contributed by atoms with Crippen molar-refractivity contribution < 1.29 is 5.11 Å². The van der Waals surface area contributed by atoms with E-state index in [2.05, 4.69) is 9.78 Å². The van der Waals surface area contributed by atoms with Gasteiger partial charge in [0.2, 0.25) is 0 Å². The molecule has 4 heteroatoms. The number of aromatic nitrogens is 3. The topological polar surface area (TPSA) is 50.9 Å². The lowest BCUT2D eigenvalue weighted by Gasteiger charge is -2.56. The predicted octanol–water partition coefficient (Wildman–Crippen LogP) is 2.94. The van der Waals surface area contributed by atoms with Gasteiger partial charge < -0.3 is 5.11 Å². The minimum Gasteiger partial charge on any atom is -0.396 e. The molecule has 6 aliphatic rings. The Morgan fingerprint density at radius 1 is 0.958 bits per heavy atom. The molecule has 1 aromatic heterocycles. The van der Waals surface area contributed by atoms with Gasteiger partial charge in [0.05, 0.1) is 16.9 Å². The standard InChI is InChI=1S/C20H29N3O/c24-11-17-15-1-3-18-19(4-2-16(15)17)23(22-21-18)20-8-12-5-13(9-20)7-14(6-12)10-20/h12-17,24H,1-11H2/t12?,13?,14?,15-,16+,17+,20?/m0/s1. The molecule has 4 bridgehead atoms. The fourth-order valence-electron chi connectivity index (χ4n) is 7.74. The van der Waals surface area contributed by atoms with Gasteiger partial charge in [-0.25, -0.2) is 4.68 Å². The average Bonchev–Trinajstić information content (AvgIpc) is 3.03. The third-order valence-electron chi connectivity index (χ3n) is 8.45. The van der Waals surface area contributed by atoms with Crippen molar-refractivity contribution in [3.05, 3.63) is 11.4 Å². The van der Waals surface area contributed by atoms with Crippen LogP contribution in [0.25, 0.3) is 0 Å². The van der Waals surface area contributed by atoms with Crippen molar-refractivity contribution in [1.82, 2.24) is 15.0 Å². The fourth-order valence-corrected chi connectivity index (χ4v) is 7.74. The van der Waals surface area contributed by atoms with Crippen molar-refractivity contribution in [2.45, 2.75) is 69.7 Å². The molecule has 0 aromatic carbocycles. The molecule has 6 aliphatic carbocycles. The summed E-state index contributed by atoms with van der Waals surface area (Å²) >= 11 is 0. The second kappa shape index (κ2) is 4.84. The zero-order valence-corrected chi connectivity index (χ0v) is 14.5. The second-order valence-electron chi connectivity index (χ2n) is 9.79. The molecule has 5 fully saturated rings. The van der Waals surface area contributed by atoms with E-state index in [-0.39, 0.29) is 0 Å². The molecule has 130 valence electrons. The summed E-state index contributed by atoms with van der Waals surface area (Å²) in [5.41, 5.74) is 3.07. The van der Waals surface area contributed by atoms with E-state index in [1.54, 1.807) is 0 Å². The number of nitrogens with zero attached hydrogens (tertiary/aromatic N) is 3. The summed E-state index contributed by atoms with van der Waals surface area (Å²) in [5, 5.41) is 19.0. The van der Waals surface area contributed by atoms with Crippen LogP contribution < -0.4 is 0 Å². The van der Waals surface area contributed by atoms with Crippen molar-refractivity contribution in [2.24, 2.45) is 35.5 Å². The number of aliphatic hydroxyl groups is 1. The van der Waals surface area contributed by atoms with Gasteiger partial charge in [0.1, 0.15) is 0 Å². The van der Waals surface area contributed by atoms with Crippen molar-refractivity contribution in [1.29, 1.82) is 0 Å². The van der Waals surface area contributed by atoms with Crippen LogP contribution in [-0.2, 0) is 18.4 Å². The summed E-state index contributed by atoms with van der Waals surface area (Å²) < 4.78 is 2.45.